The van der Waals surface area contributed by atoms with Crippen LogP contribution in [0.3, 0.4) is 0 Å². The normalized spacial score (nSPS) is 19.9. The zero-order valence-electron chi connectivity index (χ0n) is 20.1. The van der Waals surface area contributed by atoms with Crippen LogP contribution < -0.4 is 4.74 Å². The number of benzene rings is 1. The first kappa shape index (κ1) is 23.1. The third-order valence-corrected chi connectivity index (χ3v) is 7.28. The molecule has 1 saturated carbocycles. The maximum absolute atomic E-state index is 12.2. The fourth-order valence-corrected chi connectivity index (χ4v) is 5.48. The van der Waals surface area contributed by atoms with E-state index in [4.69, 9.17) is 14.5 Å². The van der Waals surface area contributed by atoms with Crippen LogP contribution in [0.15, 0.2) is 30.3 Å². The monoisotopic (exact) mass is 478 g/mol. The van der Waals surface area contributed by atoms with Crippen LogP contribution in [0.25, 0.3) is 11.0 Å². The number of amides is 1. The van der Waals surface area contributed by atoms with E-state index in [0.717, 1.165) is 47.4 Å². The second-order valence-electron chi connectivity index (χ2n) is 9.34. The Morgan fingerprint density at radius 2 is 2.00 bits per heavy atom. The Bertz CT molecular complexity index is 1270. The minimum absolute atomic E-state index is 0.0406. The minimum Gasteiger partial charge on any atom is -0.481 e. The van der Waals surface area contributed by atoms with Gasteiger partial charge in [0, 0.05) is 24.1 Å². The van der Waals surface area contributed by atoms with Crippen LogP contribution in [0.1, 0.15) is 54.2 Å². The van der Waals surface area contributed by atoms with Crippen molar-refractivity contribution in [2.24, 2.45) is 5.92 Å². The SMILES string of the molecule is COC(=O)N1CCc2ccc3c(nc([C@H]4CCC[C@H](C(=O)O)C4)n3Cc3cccc(OC)n3)c2C1. The predicted molar refractivity (Wildman–Crippen MR) is 128 cm³/mol. The number of carbonyl (C=O) groups excluding carboxylic acids is 1. The smallest absolute Gasteiger partial charge is 0.409 e. The second kappa shape index (κ2) is 9.56. The molecule has 0 unspecified atom stereocenters. The van der Waals surface area contributed by atoms with Gasteiger partial charge in [0.15, 0.2) is 0 Å². The fraction of sp³-hybridized carbons (Fsp3) is 0.462. The Morgan fingerprint density at radius 1 is 1.14 bits per heavy atom. The third kappa shape index (κ3) is 4.42. The van der Waals surface area contributed by atoms with Crippen LogP contribution in [-0.4, -0.2) is 57.4 Å². The van der Waals surface area contributed by atoms with Crippen LogP contribution in [0.2, 0.25) is 0 Å². The molecule has 1 aliphatic heterocycles. The molecule has 3 heterocycles. The van der Waals surface area contributed by atoms with E-state index in [1.807, 2.05) is 18.2 Å². The Hall–Kier alpha value is -3.62. The van der Waals surface area contributed by atoms with Crippen molar-refractivity contribution in [2.75, 3.05) is 20.8 Å². The van der Waals surface area contributed by atoms with Gasteiger partial charge in [-0.25, -0.2) is 14.8 Å². The molecule has 2 aliphatic rings. The lowest BCUT2D eigenvalue weighted by molar-refractivity contribution is -0.143. The van der Waals surface area contributed by atoms with Crippen molar-refractivity contribution in [1.82, 2.24) is 19.4 Å². The van der Waals surface area contributed by atoms with Gasteiger partial charge in [-0.1, -0.05) is 18.6 Å². The van der Waals surface area contributed by atoms with Gasteiger partial charge in [0.1, 0.15) is 5.82 Å². The molecule has 184 valence electrons. The summed E-state index contributed by atoms with van der Waals surface area (Å²) in [5.74, 6) is 0.375. The van der Waals surface area contributed by atoms with Crippen LogP contribution in [0.5, 0.6) is 5.88 Å². The highest BCUT2D eigenvalue weighted by Gasteiger charge is 2.32. The first-order chi connectivity index (χ1) is 17.0. The quantitative estimate of drug-likeness (QED) is 0.591. The van der Waals surface area contributed by atoms with Crippen molar-refractivity contribution in [3.8, 4) is 5.88 Å². The molecule has 0 radical (unpaired) electrons. The molecule has 0 saturated heterocycles. The number of aromatic nitrogens is 3. The summed E-state index contributed by atoms with van der Waals surface area (Å²) < 4.78 is 12.4. The molecule has 0 bridgehead atoms. The Kier molecular flexibility index (Phi) is 6.32. The van der Waals surface area contributed by atoms with Crippen molar-refractivity contribution in [3.63, 3.8) is 0 Å². The highest BCUT2D eigenvalue weighted by atomic mass is 16.5. The molecule has 2 aromatic heterocycles. The standard InChI is InChI=1S/C26H30N4O5/c1-34-22-8-4-7-19(27-22)14-30-21-10-9-16-11-12-29(26(33)35-2)15-20(16)23(21)28-24(30)17-5-3-6-18(13-17)25(31)32/h4,7-10,17-18H,3,5-6,11-15H2,1-2H3,(H,31,32)/t17-,18-/m0/s1. The van der Waals surface area contributed by atoms with E-state index in [0.29, 0.717) is 38.4 Å². The molecule has 1 fully saturated rings. The van der Waals surface area contributed by atoms with Gasteiger partial charge in [-0.2, -0.15) is 0 Å². The number of nitrogens with zero attached hydrogens (tertiary/aromatic N) is 4. The van der Waals surface area contributed by atoms with Crippen molar-refractivity contribution in [1.29, 1.82) is 0 Å². The zero-order chi connectivity index (χ0) is 24.5. The summed E-state index contributed by atoms with van der Waals surface area (Å²) in [6, 6.07) is 9.89. The molecule has 1 aliphatic carbocycles. The molecule has 5 rings (SSSR count). The number of carboxylic acid groups (broad SMARTS) is 1. The molecular formula is C26H30N4O5. The fourth-order valence-electron chi connectivity index (χ4n) is 5.48. The molecule has 1 amide bonds. The van der Waals surface area contributed by atoms with Gasteiger partial charge in [0.2, 0.25) is 5.88 Å². The molecule has 1 N–H and O–H groups in total. The van der Waals surface area contributed by atoms with E-state index in [2.05, 4.69) is 21.7 Å². The number of hydrogen-bond acceptors (Lipinski definition) is 6. The number of fused-ring (bicyclic) bond motifs is 3. The summed E-state index contributed by atoms with van der Waals surface area (Å²) in [6.45, 7) is 1.54. The molecular weight excluding hydrogens is 448 g/mol. The molecule has 9 nitrogen and oxygen atoms in total. The van der Waals surface area contributed by atoms with E-state index >= 15 is 0 Å². The molecule has 35 heavy (non-hydrogen) atoms. The number of methoxy groups -OCH3 is 2. The predicted octanol–water partition coefficient (Wildman–Crippen LogP) is 3.97. The summed E-state index contributed by atoms with van der Waals surface area (Å²) in [4.78, 5) is 35.4. The Balaban J connectivity index is 1.61. The highest BCUT2D eigenvalue weighted by molar-refractivity contribution is 5.82. The molecule has 0 spiro atoms. The number of pyridine rings is 1. The van der Waals surface area contributed by atoms with E-state index in [1.165, 1.54) is 12.7 Å². The summed E-state index contributed by atoms with van der Waals surface area (Å²) in [5.41, 5.74) is 4.88. The Labute approximate surface area is 203 Å². The van der Waals surface area contributed by atoms with Crippen LogP contribution in [0.4, 0.5) is 4.79 Å². The van der Waals surface area contributed by atoms with Gasteiger partial charge in [0.25, 0.3) is 0 Å². The van der Waals surface area contributed by atoms with Crippen molar-refractivity contribution in [2.45, 2.75) is 51.1 Å². The number of imidazole rings is 1. The second-order valence-corrected chi connectivity index (χ2v) is 9.34. The topological polar surface area (TPSA) is 107 Å². The summed E-state index contributed by atoms with van der Waals surface area (Å²) in [5, 5.41) is 9.67. The van der Waals surface area contributed by atoms with Gasteiger partial charge >= 0.3 is 12.1 Å². The van der Waals surface area contributed by atoms with Gasteiger partial charge in [-0.3, -0.25) is 4.79 Å². The van der Waals surface area contributed by atoms with Gasteiger partial charge in [-0.05, 0) is 43.4 Å². The summed E-state index contributed by atoms with van der Waals surface area (Å²) >= 11 is 0. The number of carboxylic acids is 1. The molecule has 3 aromatic rings. The number of rotatable bonds is 5. The lowest BCUT2D eigenvalue weighted by Gasteiger charge is -2.27. The van der Waals surface area contributed by atoms with Crippen LogP contribution in [-0.2, 0) is 29.0 Å². The lowest BCUT2D eigenvalue weighted by atomic mass is 9.81. The highest BCUT2D eigenvalue weighted by Crippen LogP contribution is 2.39. The zero-order valence-corrected chi connectivity index (χ0v) is 20.1. The van der Waals surface area contributed by atoms with Crippen LogP contribution in [0, 0.1) is 5.92 Å². The van der Waals surface area contributed by atoms with Gasteiger partial charge in [-0.15, -0.1) is 0 Å². The summed E-state index contributed by atoms with van der Waals surface area (Å²) in [7, 11) is 2.99. The lowest BCUT2D eigenvalue weighted by Crippen LogP contribution is -2.35. The average molecular weight is 479 g/mol. The first-order valence-corrected chi connectivity index (χ1v) is 12.0. The third-order valence-electron chi connectivity index (χ3n) is 7.28. The van der Waals surface area contributed by atoms with Gasteiger partial charge in [0.05, 0.1) is 50.0 Å². The van der Waals surface area contributed by atoms with Crippen molar-refractivity contribution < 1.29 is 24.2 Å². The number of ether oxygens (including phenoxy) is 2. The van der Waals surface area contributed by atoms with E-state index in [-0.39, 0.29) is 17.9 Å². The number of aliphatic carboxylic acids is 1. The molecule has 9 heteroatoms. The van der Waals surface area contributed by atoms with Gasteiger partial charge < -0.3 is 24.0 Å². The minimum atomic E-state index is -0.738. The summed E-state index contributed by atoms with van der Waals surface area (Å²) in [6.07, 6.45) is 3.42. The number of carbonyl (C=O) groups is 2. The van der Waals surface area contributed by atoms with Crippen LogP contribution >= 0.6 is 0 Å². The van der Waals surface area contributed by atoms with Crippen molar-refractivity contribution in [3.05, 3.63) is 53.0 Å². The molecule has 1 aromatic carbocycles. The number of hydrogen-bond donors (Lipinski definition) is 1. The molecule has 2 atom stereocenters. The Morgan fingerprint density at radius 3 is 2.77 bits per heavy atom. The maximum atomic E-state index is 12.2. The van der Waals surface area contributed by atoms with E-state index < -0.39 is 5.97 Å². The van der Waals surface area contributed by atoms with E-state index in [1.54, 1.807) is 12.0 Å². The van der Waals surface area contributed by atoms with E-state index in [9.17, 15) is 14.7 Å². The average Bonchev–Trinajstić information content (AvgIpc) is 3.26. The first-order valence-electron chi connectivity index (χ1n) is 12.0. The van der Waals surface area contributed by atoms with Crippen molar-refractivity contribution >= 4 is 23.1 Å². The largest absolute Gasteiger partial charge is 0.481 e. The maximum Gasteiger partial charge on any atom is 0.409 e.